The molecule has 100 valence electrons. The SMILES string of the molecule is C=CCCCCCOc1cc(F)ccc1C(C)N. The van der Waals surface area contributed by atoms with Gasteiger partial charge in [0, 0.05) is 17.7 Å². The van der Waals surface area contributed by atoms with E-state index in [0.29, 0.717) is 12.4 Å². The van der Waals surface area contributed by atoms with Crippen LogP contribution in [0.1, 0.15) is 44.2 Å². The van der Waals surface area contributed by atoms with Gasteiger partial charge in [-0.25, -0.2) is 4.39 Å². The topological polar surface area (TPSA) is 35.2 Å². The molecule has 1 aromatic rings. The summed E-state index contributed by atoms with van der Waals surface area (Å²) in [5, 5.41) is 0. The molecule has 1 rings (SSSR count). The predicted molar refractivity (Wildman–Crippen MR) is 73.2 cm³/mol. The summed E-state index contributed by atoms with van der Waals surface area (Å²) in [7, 11) is 0. The van der Waals surface area contributed by atoms with Gasteiger partial charge in [0.25, 0.3) is 0 Å². The zero-order valence-corrected chi connectivity index (χ0v) is 11.0. The maximum atomic E-state index is 13.2. The lowest BCUT2D eigenvalue weighted by Crippen LogP contribution is -2.09. The lowest BCUT2D eigenvalue weighted by molar-refractivity contribution is 0.299. The third kappa shape index (κ3) is 4.88. The zero-order valence-electron chi connectivity index (χ0n) is 11.0. The summed E-state index contributed by atoms with van der Waals surface area (Å²) in [5.74, 6) is 0.273. The largest absolute Gasteiger partial charge is 0.493 e. The molecule has 0 fully saturated rings. The van der Waals surface area contributed by atoms with Crippen LogP contribution in [0.15, 0.2) is 30.9 Å². The molecule has 0 saturated carbocycles. The minimum Gasteiger partial charge on any atom is -0.493 e. The average molecular weight is 251 g/mol. The van der Waals surface area contributed by atoms with Gasteiger partial charge in [0.15, 0.2) is 0 Å². The van der Waals surface area contributed by atoms with Gasteiger partial charge in [-0.15, -0.1) is 6.58 Å². The molecule has 18 heavy (non-hydrogen) atoms. The molecule has 2 N–H and O–H groups in total. The molecule has 0 aliphatic heterocycles. The Bertz CT molecular complexity index is 377. The van der Waals surface area contributed by atoms with Gasteiger partial charge in [-0.1, -0.05) is 12.1 Å². The van der Waals surface area contributed by atoms with Crippen LogP contribution in [-0.4, -0.2) is 6.61 Å². The quantitative estimate of drug-likeness (QED) is 0.560. The Morgan fingerprint density at radius 2 is 2.17 bits per heavy atom. The number of hydrogen-bond acceptors (Lipinski definition) is 2. The van der Waals surface area contributed by atoms with Gasteiger partial charge in [0.05, 0.1) is 6.61 Å². The molecular formula is C15H22FNO. The molecule has 0 bridgehead atoms. The Hall–Kier alpha value is -1.35. The maximum absolute atomic E-state index is 13.2. The molecule has 0 heterocycles. The lowest BCUT2D eigenvalue weighted by atomic mass is 10.1. The van der Waals surface area contributed by atoms with Crippen molar-refractivity contribution in [2.75, 3.05) is 6.61 Å². The van der Waals surface area contributed by atoms with Crippen LogP contribution in [-0.2, 0) is 0 Å². The van der Waals surface area contributed by atoms with Crippen molar-refractivity contribution in [3.63, 3.8) is 0 Å². The van der Waals surface area contributed by atoms with Gasteiger partial charge >= 0.3 is 0 Å². The van der Waals surface area contributed by atoms with Crippen molar-refractivity contribution in [1.82, 2.24) is 0 Å². The van der Waals surface area contributed by atoms with Gasteiger partial charge in [0.1, 0.15) is 11.6 Å². The fourth-order valence-corrected chi connectivity index (χ4v) is 1.76. The second kappa shape index (κ2) is 7.88. The highest BCUT2D eigenvalue weighted by atomic mass is 19.1. The molecule has 0 aromatic heterocycles. The molecule has 0 spiro atoms. The Morgan fingerprint density at radius 1 is 1.39 bits per heavy atom. The Morgan fingerprint density at radius 3 is 2.83 bits per heavy atom. The highest BCUT2D eigenvalue weighted by molar-refractivity contribution is 5.36. The number of halogens is 1. The number of rotatable bonds is 8. The van der Waals surface area contributed by atoms with E-state index in [-0.39, 0.29) is 11.9 Å². The number of benzene rings is 1. The van der Waals surface area contributed by atoms with Gasteiger partial charge in [-0.2, -0.15) is 0 Å². The number of ether oxygens (including phenoxy) is 1. The molecule has 0 aliphatic carbocycles. The van der Waals surface area contributed by atoms with E-state index in [1.165, 1.54) is 12.1 Å². The van der Waals surface area contributed by atoms with Crippen LogP contribution < -0.4 is 10.5 Å². The van der Waals surface area contributed by atoms with Crippen LogP contribution in [0.2, 0.25) is 0 Å². The Balaban J connectivity index is 2.45. The van der Waals surface area contributed by atoms with E-state index in [2.05, 4.69) is 6.58 Å². The molecule has 3 heteroatoms. The van der Waals surface area contributed by atoms with Crippen LogP contribution >= 0.6 is 0 Å². The first-order chi connectivity index (χ1) is 8.65. The van der Waals surface area contributed by atoms with Crippen molar-refractivity contribution in [2.45, 2.75) is 38.6 Å². The summed E-state index contributed by atoms with van der Waals surface area (Å²) < 4.78 is 18.8. The highest BCUT2D eigenvalue weighted by Crippen LogP contribution is 2.25. The van der Waals surface area contributed by atoms with Crippen molar-refractivity contribution < 1.29 is 9.13 Å². The van der Waals surface area contributed by atoms with Crippen LogP contribution in [0, 0.1) is 5.82 Å². The summed E-state index contributed by atoms with van der Waals surface area (Å²) in [5.41, 5.74) is 6.67. The molecular weight excluding hydrogens is 229 g/mol. The summed E-state index contributed by atoms with van der Waals surface area (Å²) >= 11 is 0. The lowest BCUT2D eigenvalue weighted by Gasteiger charge is -2.14. The molecule has 2 nitrogen and oxygen atoms in total. The first kappa shape index (κ1) is 14.7. The van der Waals surface area contributed by atoms with Crippen LogP contribution in [0.5, 0.6) is 5.75 Å². The van der Waals surface area contributed by atoms with Gasteiger partial charge in [-0.3, -0.25) is 0 Å². The van der Waals surface area contributed by atoms with E-state index in [1.807, 2.05) is 13.0 Å². The zero-order chi connectivity index (χ0) is 13.4. The van der Waals surface area contributed by atoms with E-state index < -0.39 is 0 Å². The fourth-order valence-electron chi connectivity index (χ4n) is 1.76. The van der Waals surface area contributed by atoms with Gasteiger partial charge in [0.2, 0.25) is 0 Å². The van der Waals surface area contributed by atoms with Crippen molar-refractivity contribution in [2.24, 2.45) is 5.73 Å². The predicted octanol–water partition coefficient (Wildman–Crippen LogP) is 3.97. The molecule has 0 radical (unpaired) electrons. The molecule has 0 aliphatic rings. The third-order valence-electron chi connectivity index (χ3n) is 2.78. The van der Waals surface area contributed by atoms with E-state index in [9.17, 15) is 4.39 Å². The first-order valence-electron chi connectivity index (χ1n) is 6.44. The van der Waals surface area contributed by atoms with E-state index in [0.717, 1.165) is 31.2 Å². The summed E-state index contributed by atoms with van der Waals surface area (Å²) in [6.45, 7) is 6.14. The van der Waals surface area contributed by atoms with E-state index >= 15 is 0 Å². The maximum Gasteiger partial charge on any atom is 0.126 e. The second-order valence-corrected chi connectivity index (χ2v) is 4.46. The average Bonchev–Trinajstić information content (AvgIpc) is 2.33. The standard InChI is InChI=1S/C15H22FNO/c1-3-4-5-6-7-10-18-15-11-13(16)8-9-14(15)12(2)17/h3,8-9,11-12H,1,4-7,10,17H2,2H3. The number of allylic oxidation sites excluding steroid dienone is 1. The third-order valence-corrected chi connectivity index (χ3v) is 2.78. The Labute approximate surface area is 109 Å². The molecule has 1 unspecified atom stereocenters. The molecule has 1 atom stereocenters. The molecule has 1 aromatic carbocycles. The first-order valence-corrected chi connectivity index (χ1v) is 6.44. The monoisotopic (exact) mass is 251 g/mol. The normalized spacial score (nSPS) is 12.2. The summed E-state index contributed by atoms with van der Waals surface area (Å²) in [4.78, 5) is 0. The Kier molecular flexibility index (Phi) is 6.44. The second-order valence-electron chi connectivity index (χ2n) is 4.46. The van der Waals surface area contributed by atoms with Crippen molar-refractivity contribution >= 4 is 0 Å². The molecule has 0 amide bonds. The smallest absolute Gasteiger partial charge is 0.126 e. The van der Waals surface area contributed by atoms with E-state index in [1.54, 1.807) is 6.07 Å². The van der Waals surface area contributed by atoms with Crippen LogP contribution in [0.25, 0.3) is 0 Å². The van der Waals surface area contributed by atoms with E-state index in [4.69, 9.17) is 10.5 Å². The van der Waals surface area contributed by atoms with Crippen LogP contribution in [0.3, 0.4) is 0 Å². The van der Waals surface area contributed by atoms with Crippen molar-refractivity contribution in [3.05, 3.63) is 42.2 Å². The number of unbranched alkanes of at least 4 members (excludes halogenated alkanes) is 3. The minimum absolute atomic E-state index is 0.152. The highest BCUT2D eigenvalue weighted by Gasteiger charge is 2.09. The minimum atomic E-state index is -0.291. The fraction of sp³-hybridized carbons (Fsp3) is 0.467. The van der Waals surface area contributed by atoms with Gasteiger partial charge in [-0.05, 0) is 38.7 Å². The number of nitrogens with two attached hydrogens (primary N) is 1. The number of hydrogen-bond donors (Lipinski definition) is 1. The van der Waals surface area contributed by atoms with Crippen molar-refractivity contribution in [3.8, 4) is 5.75 Å². The van der Waals surface area contributed by atoms with Crippen LogP contribution in [0.4, 0.5) is 4.39 Å². The summed E-state index contributed by atoms with van der Waals surface area (Å²) in [6.07, 6.45) is 6.13. The summed E-state index contributed by atoms with van der Waals surface area (Å²) in [6, 6.07) is 4.35. The molecule has 0 saturated heterocycles. The van der Waals surface area contributed by atoms with Gasteiger partial charge < -0.3 is 10.5 Å². The van der Waals surface area contributed by atoms with Crippen molar-refractivity contribution in [1.29, 1.82) is 0 Å².